The number of anilines is 1. The van der Waals surface area contributed by atoms with Crippen LogP contribution in [0.25, 0.3) is 22.4 Å². The van der Waals surface area contributed by atoms with Crippen molar-refractivity contribution in [2.75, 3.05) is 12.3 Å². The summed E-state index contributed by atoms with van der Waals surface area (Å²) in [5, 5.41) is 9.52. The van der Waals surface area contributed by atoms with Gasteiger partial charge in [-0.25, -0.2) is 9.37 Å². The number of hydrogen-bond acceptors (Lipinski definition) is 4. The number of rotatable bonds is 4. The van der Waals surface area contributed by atoms with Gasteiger partial charge in [-0.15, -0.1) is 0 Å². The van der Waals surface area contributed by atoms with Gasteiger partial charge in [-0.3, -0.25) is 0 Å². The van der Waals surface area contributed by atoms with E-state index >= 15 is 0 Å². The number of nitriles is 1. The molecule has 0 aliphatic rings. The second kappa shape index (κ2) is 7.02. The van der Waals surface area contributed by atoms with Gasteiger partial charge >= 0.3 is 0 Å². The highest BCUT2D eigenvalue weighted by Gasteiger charge is 2.16. The van der Waals surface area contributed by atoms with Gasteiger partial charge in [0.2, 0.25) is 0 Å². The van der Waals surface area contributed by atoms with Crippen molar-refractivity contribution >= 4 is 5.82 Å². The molecule has 4 nitrogen and oxygen atoms in total. The molecule has 0 unspecified atom stereocenters. The number of nitrogens with zero attached hydrogens (tertiary/aromatic N) is 2. The maximum absolute atomic E-state index is 13.6. The Labute approximate surface area is 145 Å². The molecule has 0 aliphatic heterocycles. The van der Waals surface area contributed by atoms with E-state index in [1.165, 1.54) is 12.1 Å². The van der Waals surface area contributed by atoms with E-state index in [0.29, 0.717) is 29.2 Å². The van der Waals surface area contributed by atoms with Gasteiger partial charge in [0.1, 0.15) is 29.0 Å². The van der Waals surface area contributed by atoms with E-state index in [2.05, 4.69) is 11.1 Å². The zero-order valence-electron chi connectivity index (χ0n) is 13.7. The minimum Gasteiger partial charge on any atom is -0.493 e. The van der Waals surface area contributed by atoms with Crippen LogP contribution in [0.15, 0.2) is 54.6 Å². The minimum atomic E-state index is -0.363. The number of para-hydroxylation sites is 1. The quantitative estimate of drug-likeness (QED) is 0.768. The summed E-state index contributed by atoms with van der Waals surface area (Å²) >= 11 is 0. The number of nitrogen functional groups attached to an aromatic ring is 1. The summed E-state index contributed by atoms with van der Waals surface area (Å²) in [5.74, 6) is 0.390. The van der Waals surface area contributed by atoms with Crippen LogP contribution < -0.4 is 10.5 Å². The topological polar surface area (TPSA) is 71.9 Å². The van der Waals surface area contributed by atoms with Crippen molar-refractivity contribution in [3.8, 4) is 34.2 Å². The lowest BCUT2D eigenvalue weighted by molar-refractivity contribution is 0.341. The number of ether oxygens (including phenoxy) is 1. The third-order valence-corrected chi connectivity index (χ3v) is 3.76. The Bertz CT molecular complexity index is 963. The number of pyridine rings is 1. The molecule has 0 fully saturated rings. The molecule has 3 rings (SSSR count). The molecule has 124 valence electrons. The maximum Gasteiger partial charge on any atom is 0.142 e. The second-order valence-electron chi connectivity index (χ2n) is 5.37. The van der Waals surface area contributed by atoms with Crippen LogP contribution in [0.5, 0.6) is 5.75 Å². The summed E-state index contributed by atoms with van der Waals surface area (Å²) in [5.41, 5.74) is 8.71. The third-order valence-electron chi connectivity index (χ3n) is 3.76. The standard InChI is InChI=1S/C20H16FN3O/c1-2-25-19-9-4-3-8-15(19)16-11-18(24-20(23)17(16)12-22)13-6-5-7-14(21)10-13/h3-11H,2H2,1H3,(H2,23,24). The van der Waals surface area contributed by atoms with Gasteiger partial charge in [-0.1, -0.05) is 30.3 Å². The van der Waals surface area contributed by atoms with Crippen molar-refractivity contribution in [1.82, 2.24) is 4.98 Å². The molecule has 5 heteroatoms. The highest BCUT2D eigenvalue weighted by Crippen LogP contribution is 2.36. The average molecular weight is 333 g/mol. The first-order valence-corrected chi connectivity index (χ1v) is 7.82. The van der Waals surface area contributed by atoms with Crippen molar-refractivity contribution in [3.63, 3.8) is 0 Å². The molecule has 0 saturated carbocycles. The Morgan fingerprint density at radius 3 is 2.64 bits per heavy atom. The normalized spacial score (nSPS) is 10.3. The van der Waals surface area contributed by atoms with Crippen LogP contribution in [0, 0.1) is 17.1 Å². The number of nitrogens with two attached hydrogens (primary N) is 1. The van der Waals surface area contributed by atoms with E-state index in [0.717, 1.165) is 5.56 Å². The van der Waals surface area contributed by atoms with E-state index in [4.69, 9.17) is 10.5 Å². The molecule has 0 spiro atoms. The van der Waals surface area contributed by atoms with Gasteiger partial charge in [-0.2, -0.15) is 5.26 Å². The predicted molar refractivity (Wildman–Crippen MR) is 95.4 cm³/mol. The van der Waals surface area contributed by atoms with Crippen molar-refractivity contribution in [2.45, 2.75) is 6.92 Å². The highest BCUT2D eigenvalue weighted by molar-refractivity contribution is 5.83. The van der Waals surface area contributed by atoms with Crippen molar-refractivity contribution in [2.24, 2.45) is 0 Å². The van der Waals surface area contributed by atoms with Gasteiger partial charge in [0.05, 0.1) is 12.3 Å². The molecule has 25 heavy (non-hydrogen) atoms. The number of benzene rings is 2. The predicted octanol–water partition coefficient (Wildman–Crippen LogP) is 4.41. The Hall–Kier alpha value is -3.39. The van der Waals surface area contributed by atoms with Crippen LogP contribution in [0.1, 0.15) is 12.5 Å². The maximum atomic E-state index is 13.6. The van der Waals surface area contributed by atoms with Crippen LogP contribution in [-0.2, 0) is 0 Å². The molecule has 2 aromatic carbocycles. The zero-order valence-corrected chi connectivity index (χ0v) is 13.7. The van der Waals surface area contributed by atoms with E-state index in [1.54, 1.807) is 18.2 Å². The van der Waals surface area contributed by atoms with E-state index in [1.807, 2.05) is 31.2 Å². The zero-order chi connectivity index (χ0) is 17.8. The van der Waals surface area contributed by atoms with Crippen LogP contribution in [0.3, 0.4) is 0 Å². The largest absolute Gasteiger partial charge is 0.493 e. The molecular formula is C20H16FN3O. The summed E-state index contributed by atoms with van der Waals surface area (Å²) in [4.78, 5) is 4.26. The lowest BCUT2D eigenvalue weighted by Gasteiger charge is -2.14. The SMILES string of the molecule is CCOc1ccccc1-c1cc(-c2cccc(F)c2)nc(N)c1C#N. The first kappa shape index (κ1) is 16.5. The molecular weight excluding hydrogens is 317 g/mol. The van der Waals surface area contributed by atoms with Gasteiger partial charge in [-0.05, 0) is 31.2 Å². The first-order chi connectivity index (χ1) is 12.1. The highest BCUT2D eigenvalue weighted by atomic mass is 19.1. The Morgan fingerprint density at radius 1 is 1.12 bits per heavy atom. The van der Waals surface area contributed by atoms with Gasteiger partial charge < -0.3 is 10.5 Å². The molecule has 3 aromatic rings. The van der Waals surface area contributed by atoms with Gasteiger partial charge in [0.25, 0.3) is 0 Å². The Kier molecular flexibility index (Phi) is 4.62. The molecule has 2 N–H and O–H groups in total. The summed E-state index contributed by atoms with van der Waals surface area (Å²) in [6.07, 6.45) is 0. The fraction of sp³-hybridized carbons (Fsp3) is 0.100. The van der Waals surface area contributed by atoms with Crippen LogP contribution in [0.2, 0.25) is 0 Å². The second-order valence-corrected chi connectivity index (χ2v) is 5.37. The summed E-state index contributed by atoms with van der Waals surface area (Å²) in [6, 6.07) is 17.3. The Morgan fingerprint density at radius 2 is 1.92 bits per heavy atom. The van der Waals surface area contributed by atoms with Crippen LogP contribution in [-0.4, -0.2) is 11.6 Å². The monoisotopic (exact) mass is 333 g/mol. The van der Waals surface area contributed by atoms with Crippen LogP contribution >= 0.6 is 0 Å². The van der Waals surface area contributed by atoms with E-state index in [-0.39, 0.29) is 17.2 Å². The van der Waals surface area contributed by atoms with Crippen LogP contribution in [0.4, 0.5) is 10.2 Å². The average Bonchev–Trinajstić information content (AvgIpc) is 2.62. The van der Waals surface area contributed by atoms with Gasteiger partial charge in [0, 0.05) is 16.7 Å². The molecule has 1 heterocycles. The smallest absolute Gasteiger partial charge is 0.142 e. The summed E-state index contributed by atoms with van der Waals surface area (Å²) in [7, 11) is 0. The molecule has 0 radical (unpaired) electrons. The first-order valence-electron chi connectivity index (χ1n) is 7.82. The fourth-order valence-corrected chi connectivity index (χ4v) is 2.66. The third kappa shape index (κ3) is 3.29. The number of hydrogen-bond donors (Lipinski definition) is 1. The summed E-state index contributed by atoms with van der Waals surface area (Å²) in [6.45, 7) is 2.39. The molecule has 0 saturated heterocycles. The lowest BCUT2D eigenvalue weighted by Crippen LogP contribution is -2.01. The molecule has 0 aliphatic carbocycles. The molecule has 1 aromatic heterocycles. The Balaban J connectivity index is 2.24. The minimum absolute atomic E-state index is 0.102. The van der Waals surface area contributed by atoms with Crippen molar-refractivity contribution in [1.29, 1.82) is 5.26 Å². The van der Waals surface area contributed by atoms with Crippen molar-refractivity contribution in [3.05, 3.63) is 66.0 Å². The molecule has 0 bridgehead atoms. The van der Waals surface area contributed by atoms with E-state index in [9.17, 15) is 9.65 Å². The molecule has 0 amide bonds. The summed E-state index contributed by atoms with van der Waals surface area (Å²) < 4.78 is 19.2. The van der Waals surface area contributed by atoms with Crippen molar-refractivity contribution < 1.29 is 9.13 Å². The molecule has 0 atom stereocenters. The number of halogens is 1. The lowest BCUT2D eigenvalue weighted by atomic mass is 9.97. The number of aromatic nitrogens is 1. The van der Waals surface area contributed by atoms with E-state index < -0.39 is 0 Å². The fourth-order valence-electron chi connectivity index (χ4n) is 2.66. The van der Waals surface area contributed by atoms with Gasteiger partial charge in [0.15, 0.2) is 0 Å².